The Hall–Kier alpha value is -2.20. The molecule has 0 bridgehead atoms. The van der Waals surface area contributed by atoms with E-state index in [9.17, 15) is 14.3 Å². The lowest BCUT2D eigenvalue weighted by Crippen LogP contribution is -2.25. The number of halogens is 1. The van der Waals surface area contributed by atoms with Gasteiger partial charge >= 0.3 is 0 Å². The van der Waals surface area contributed by atoms with Gasteiger partial charge in [0, 0.05) is 12.1 Å². The van der Waals surface area contributed by atoms with E-state index in [0.29, 0.717) is 24.1 Å². The van der Waals surface area contributed by atoms with Gasteiger partial charge in [-0.3, -0.25) is 4.79 Å². The van der Waals surface area contributed by atoms with Crippen molar-refractivity contribution in [2.75, 3.05) is 6.54 Å². The molecule has 0 spiro atoms. The molecule has 21 heavy (non-hydrogen) atoms. The molecule has 2 rings (SSSR count). The standard InChI is InChI=1S/C17H18FNO2/c1-12-2-4-14(5-3-12)17(21)19-11-10-16(20)13-6-8-15(18)9-7-13/h2-9,16,20H,10-11H2,1H3,(H,19,21). The van der Waals surface area contributed by atoms with Gasteiger partial charge in [-0.05, 0) is 43.2 Å². The molecule has 2 N–H and O–H groups in total. The van der Waals surface area contributed by atoms with Crippen molar-refractivity contribution in [3.63, 3.8) is 0 Å². The fourth-order valence-corrected chi connectivity index (χ4v) is 1.98. The maximum Gasteiger partial charge on any atom is 0.251 e. The highest BCUT2D eigenvalue weighted by Crippen LogP contribution is 2.16. The second-order valence-corrected chi connectivity index (χ2v) is 4.98. The van der Waals surface area contributed by atoms with Crippen LogP contribution in [-0.4, -0.2) is 17.6 Å². The topological polar surface area (TPSA) is 49.3 Å². The number of hydrogen-bond acceptors (Lipinski definition) is 2. The Morgan fingerprint density at radius 3 is 2.38 bits per heavy atom. The van der Waals surface area contributed by atoms with Gasteiger partial charge in [-0.1, -0.05) is 29.8 Å². The summed E-state index contributed by atoms with van der Waals surface area (Å²) in [5.74, 6) is -0.500. The zero-order valence-corrected chi connectivity index (χ0v) is 11.8. The van der Waals surface area contributed by atoms with E-state index in [4.69, 9.17) is 0 Å². The van der Waals surface area contributed by atoms with E-state index in [1.807, 2.05) is 19.1 Å². The minimum Gasteiger partial charge on any atom is -0.388 e. The number of amides is 1. The van der Waals surface area contributed by atoms with E-state index in [1.54, 1.807) is 24.3 Å². The molecule has 2 aromatic rings. The van der Waals surface area contributed by atoms with Gasteiger partial charge in [0.25, 0.3) is 5.91 Å². The summed E-state index contributed by atoms with van der Waals surface area (Å²) in [7, 11) is 0. The zero-order valence-electron chi connectivity index (χ0n) is 11.8. The molecule has 0 fully saturated rings. The molecule has 2 aromatic carbocycles. The van der Waals surface area contributed by atoms with Crippen molar-refractivity contribution in [3.05, 3.63) is 71.0 Å². The van der Waals surface area contributed by atoms with Crippen LogP contribution >= 0.6 is 0 Å². The molecule has 0 saturated carbocycles. The molecule has 0 radical (unpaired) electrons. The van der Waals surface area contributed by atoms with E-state index in [1.165, 1.54) is 12.1 Å². The highest BCUT2D eigenvalue weighted by Gasteiger charge is 2.09. The number of nitrogens with one attached hydrogen (secondary N) is 1. The third kappa shape index (κ3) is 4.39. The SMILES string of the molecule is Cc1ccc(C(=O)NCCC(O)c2ccc(F)cc2)cc1. The average molecular weight is 287 g/mol. The third-order valence-corrected chi connectivity index (χ3v) is 3.27. The molecule has 0 aliphatic rings. The smallest absolute Gasteiger partial charge is 0.251 e. The van der Waals surface area contributed by atoms with Crippen LogP contribution in [0.1, 0.15) is 34.0 Å². The lowest BCUT2D eigenvalue weighted by Gasteiger charge is -2.11. The van der Waals surface area contributed by atoms with Gasteiger partial charge in [0.15, 0.2) is 0 Å². The van der Waals surface area contributed by atoms with Gasteiger partial charge in [-0.15, -0.1) is 0 Å². The highest BCUT2D eigenvalue weighted by molar-refractivity contribution is 5.94. The van der Waals surface area contributed by atoms with Crippen LogP contribution in [-0.2, 0) is 0 Å². The second kappa shape index (κ2) is 6.99. The third-order valence-electron chi connectivity index (χ3n) is 3.27. The summed E-state index contributed by atoms with van der Waals surface area (Å²) < 4.78 is 12.8. The van der Waals surface area contributed by atoms with Crippen molar-refractivity contribution in [3.8, 4) is 0 Å². The molecule has 3 nitrogen and oxygen atoms in total. The first-order valence-electron chi connectivity index (χ1n) is 6.84. The molecule has 1 amide bonds. The Balaban J connectivity index is 1.82. The van der Waals surface area contributed by atoms with Crippen LogP contribution in [0.4, 0.5) is 4.39 Å². The van der Waals surface area contributed by atoms with Crippen molar-refractivity contribution >= 4 is 5.91 Å². The summed E-state index contributed by atoms with van der Waals surface area (Å²) >= 11 is 0. The molecule has 0 saturated heterocycles. The fourth-order valence-electron chi connectivity index (χ4n) is 1.98. The number of hydrogen-bond donors (Lipinski definition) is 2. The molecule has 110 valence electrons. The van der Waals surface area contributed by atoms with Crippen LogP contribution in [0, 0.1) is 12.7 Å². The fraction of sp³-hybridized carbons (Fsp3) is 0.235. The number of aryl methyl sites for hydroxylation is 1. The Morgan fingerprint density at radius 1 is 1.14 bits per heavy atom. The van der Waals surface area contributed by atoms with Crippen LogP contribution in [0.5, 0.6) is 0 Å². The Bertz CT molecular complexity index is 593. The van der Waals surface area contributed by atoms with Crippen molar-refractivity contribution in [2.45, 2.75) is 19.4 Å². The van der Waals surface area contributed by atoms with Crippen LogP contribution < -0.4 is 5.32 Å². The van der Waals surface area contributed by atoms with Crippen molar-refractivity contribution in [2.24, 2.45) is 0 Å². The van der Waals surface area contributed by atoms with E-state index >= 15 is 0 Å². The number of aliphatic hydroxyl groups is 1. The Labute approximate surface area is 123 Å². The predicted octanol–water partition coefficient (Wildman–Crippen LogP) is 2.99. The Kier molecular flexibility index (Phi) is 5.06. The van der Waals surface area contributed by atoms with Crippen molar-refractivity contribution < 1.29 is 14.3 Å². The second-order valence-electron chi connectivity index (χ2n) is 4.98. The summed E-state index contributed by atoms with van der Waals surface area (Å²) in [6.45, 7) is 2.31. The minimum absolute atomic E-state index is 0.165. The maximum absolute atomic E-state index is 12.8. The van der Waals surface area contributed by atoms with Gasteiger partial charge in [0.2, 0.25) is 0 Å². The summed E-state index contributed by atoms with van der Waals surface area (Å²) in [5.41, 5.74) is 2.33. The number of aliphatic hydroxyl groups excluding tert-OH is 1. The summed E-state index contributed by atoms with van der Waals surface area (Å²) in [6, 6.07) is 13.0. The van der Waals surface area contributed by atoms with E-state index in [2.05, 4.69) is 5.32 Å². The summed E-state index contributed by atoms with van der Waals surface area (Å²) in [4.78, 5) is 11.9. The van der Waals surface area contributed by atoms with Gasteiger partial charge in [0.1, 0.15) is 5.82 Å². The van der Waals surface area contributed by atoms with Gasteiger partial charge in [-0.25, -0.2) is 4.39 Å². The van der Waals surface area contributed by atoms with Gasteiger partial charge in [0.05, 0.1) is 6.10 Å². The zero-order chi connectivity index (χ0) is 15.2. The van der Waals surface area contributed by atoms with Gasteiger partial charge < -0.3 is 10.4 Å². The quantitative estimate of drug-likeness (QED) is 0.888. The molecule has 0 heterocycles. The molecule has 0 aromatic heterocycles. The lowest BCUT2D eigenvalue weighted by molar-refractivity contribution is 0.0942. The number of benzene rings is 2. The first kappa shape index (κ1) is 15.2. The molecule has 1 atom stereocenters. The van der Waals surface area contributed by atoms with E-state index < -0.39 is 6.10 Å². The van der Waals surface area contributed by atoms with E-state index in [-0.39, 0.29) is 11.7 Å². The summed E-state index contributed by atoms with van der Waals surface area (Å²) in [6.07, 6.45) is -0.340. The van der Waals surface area contributed by atoms with Crippen LogP contribution in [0.2, 0.25) is 0 Å². The monoisotopic (exact) mass is 287 g/mol. The van der Waals surface area contributed by atoms with Crippen molar-refractivity contribution in [1.82, 2.24) is 5.32 Å². The highest BCUT2D eigenvalue weighted by atomic mass is 19.1. The first-order chi connectivity index (χ1) is 10.1. The normalized spacial score (nSPS) is 12.0. The predicted molar refractivity (Wildman–Crippen MR) is 79.5 cm³/mol. The molecule has 0 aliphatic heterocycles. The van der Waals surface area contributed by atoms with Crippen LogP contribution in [0.3, 0.4) is 0 Å². The van der Waals surface area contributed by atoms with E-state index in [0.717, 1.165) is 5.56 Å². The van der Waals surface area contributed by atoms with Crippen molar-refractivity contribution in [1.29, 1.82) is 0 Å². The molecular formula is C17H18FNO2. The number of carbonyl (C=O) groups is 1. The number of carbonyl (C=O) groups excluding carboxylic acids is 1. The van der Waals surface area contributed by atoms with Gasteiger partial charge in [-0.2, -0.15) is 0 Å². The summed E-state index contributed by atoms with van der Waals surface area (Å²) in [5, 5.41) is 12.7. The molecular weight excluding hydrogens is 269 g/mol. The molecule has 4 heteroatoms. The lowest BCUT2D eigenvalue weighted by atomic mass is 10.1. The number of rotatable bonds is 5. The molecule has 1 unspecified atom stereocenters. The Morgan fingerprint density at radius 2 is 1.76 bits per heavy atom. The molecule has 0 aliphatic carbocycles. The largest absolute Gasteiger partial charge is 0.388 e. The minimum atomic E-state index is -0.719. The average Bonchev–Trinajstić information content (AvgIpc) is 2.48. The van der Waals surface area contributed by atoms with Crippen LogP contribution in [0.15, 0.2) is 48.5 Å². The van der Waals surface area contributed by atoms with Crippen LogP contribution in [0.25, 0.3) is 0 Å². The first-order valence-corrected chi connectivity index (χ1v) is 6.84. The maximum atomic E-state index is 12.8.